The van der Waals surface area contributed by atoms with Gasteiger partial charge in [0.2, 0.25) is 5.91 Å². The molecule has 176 valence electrons. The van der Waals surface area contributed by atoms with Gasteiger partial charge in [0.1, 0.15) is 6.61 Å². The fourth-order valence-corrected chi connectivity index (χ4v) is 4.06. The van der Waals surface area contributed by atoms with Crippen LogP contribution in [0.4, 0.5) is 14.5 Å². The van der Waals surface area contributed by atoms with Gasteiger partial charge in [-0.15, -0.1) is 0 Å². The zero-order valence-corrected chi connectivity index (χ0v) is 18.2. The number of fused-ring (bicyclic) bond motifs is 1. The lowest BCUT2D eigenvalue weighted by Gasteiger charge is -2.35. The van der Waals surface area contributed by atoms with Crippen molar-refractivity contribution < 1.29 is 33.0 Å². The SMILES string of the molecule is CCN(C(=O)CCC(=O)O)C1c2ccccc2NCCC1C(=O)OCc1ccc(F)c(F)c1. The summed E-state index contributed by atoms with van der Waals surface area (Å²) in [5.41, 5.74) is 1.81. The molecule has 1 aliphatic rings. The van der Waals surface area contributed by atoms with E-state index in [9.17, 15) is 23.2 Å². The lowest BCUT2D eigenvalue weighted by molar-refractivity contribution is -0.155. The van der Waals surface area contributed by atoms with E-state index in [2.05, 4.69) is 5.32 Å². The highest BCUT2D eigenvalue weighted by Crippen LogP contribution is 2.39. The van der Waals surface area contributed by atoms with Crippen LogP contribution in [0.1, 0.15) is 43.4 Å². The first-order valence-electron chi connectivity index (χ1n) is 10.8. The Morgan fingerprint density at radius 1 is 1.12 bits per heavy atom. The van der Waals surface area contributed by atoms with Crippen molar-refractivity contribution in [2.45, 2.75) is 38.8 Å². The number of carboxylic acids is 1. The summed E-state index contributed by atoms with van der Waals surface area (Å²) in [5.74, 6) is -4.79. The molecule has 33 heavy (non-hydrogen) atoms. The highest BCUT2D eigenvalue weighted by molar-refractivity contribution is 5.83. The lowest BCUT2D eigenvalue weighted by Crippen LogP contribution is -2.41. The molecule has 1 amide bonds. The number of rotatable bonds is 8. The molecule has 0 saturated heterocycles. The topological polar surface area (TPSA) is 95.9 Å². The van der Waals surface area contributed by atoms with E-state index in [4.69, 9.17) is 9.84 Å². The van der Waals surface area contributed by atoms with Crippen LogP contribution in [0.25, 0.3) is 0 Å². The molecular formula is C24H26F2N2O5. The molecule has 0 spiro atoms. The van der Waals surface area contributed by atoms with Gasteiger partial charge in [-0.05, 0) is 42.7 Å². The predicted octanol–water partition coefficient (Wildman–Crippen LogP) is 3.89. The standard InChI is InChI=1S/C24H26F2N2O5/c1-2-28(21(29)9-10-22(30)31)23-16-5-3-4-6-20(16)27-12-11-17(23)24(32)33-14-15-7-8-18(25)19(26)13-15/h3-8,13,17,23,27H,2,9-12,14H2,1H3,(H,30,31). The lowest BCUT2D eigenvalue weighted by atomic mass is 9.89. The Hall–Kier alpha value is -3.49. The number of nitrogens with zero attached hydrogens (tertiary/aromatic N) is 1. The second-order valence-electron chi connectivity index (χ2n) is 7.78. The fourth-order valence-electron chi connectivity index (χ4n) is 4.06. The molecule has 0 bridgehead atoms. The van der Waals surface area contributed by atoms with Gasteiger partial charge in [0.05, 0.1) is 18.4 Å². The molecule has 2 N–H and O–H groups in total. The molecule has 0 saturated carbocycles. The van der Waals surface area contributed by atoms with Crippen LogP contribution < -0.4 is 5.32 Å². The minimum Gasteiger partial charge on any atom is -0.481 e. The minimum atomic E-state index is -1.08. The Morgan fingerprint density at radius 3 is 2.58 bits per heavy atom. The van der Waals surface area contributed by atoms with E-state index in [1.54, 1.807) is 13.0 Å². The quantitative estimate of drug-likeness (QED) is 0.581. The summed E-state index contributed by atoms with van der Waals surface area (Å²) < 4.78 is 32.1. The number of amides is 1. The summed E-state index contributed by atoms with van der Waals surface area (Å²) in [5, 5.41) is 12.2. The molecule has 0 radical (unpaired) electrons. The number of halogens is 2. The number of aliphatic carboxylic acids is 1. The fraction of sp³-hybridized carbons (Fsp3) is 0.375. The third-order valence-electron chi connectivity index (χ3n) is 5.65. The molecule has 2 unspecified atom stereocenters. The Bertz CT molecular complexity index is 1030. The van der Waals surface area contributed by atoms with Crippen molar-refractivity contribution in [3.8, 4) is 0 Å². The average molecular weight is 460 g/mol. The van der Waals surface area contributed by atoms with Crippen LogP contribution in [0, 0.1) is 17.6 Å². The highest BCUT2D eigenvalue weighted by atomic mass is 19.2. The van der Waals surface area contributed by atoms with E-state index in [0.29, 0.717) is 18.5 Å². The van der Waals surface area contributed by atoms with Crippen molar-refractivity contribution >= 4 is 23.5 Å². The number of ether oxygens (including phenoxy) is 1. The van der Waals surface area contributed by atoms with E-state index in [0.717, 1.165) is 23.4 Å². The molecule has 1 aliphatic heterocycles. The molecule has 1 heterocycles. The zero-order valence-electron chi connectivity index (χ0n) is 18.2. The minimum absolute atomic E-state index is 0.189. The molecule has 0 fully saturated rings. The Labute approximate surface area is 190 Å². The number of hydrogen-bond donors (Lipinski definition) is 2. The maximum absolute atomic E-state index is 13.5. The van der Waals surface area contributed by atoms with Crippen molar-refractivity contribution in [3.05, 3.63) is 65.2 Å². The van der Waals surface area contributed by atoms with Crippen LogP contribution in [0.2, 0.25) is 0 Å². The summed E-state index contributed by atoms with van der Waals surface area (Å²) in [7, 11) is 0. The van der Waals surface area contributed by atoms with Crippen LogP contribution in [0.5, 0.6) is 0 Å². The Balaban J connectivity index is 1.88. The molecule has 3 rings (SSSR count). The Kier molecular flexibility index (Phi) is 7.97. The van der Waals surface area contributed by atoms with Gasteiger partial charge in [-0.2, -0.15) is 0 Å². The molecule has 0 aromatic heterocycles. The number of para-hydroxylation sites is 1. The van der Waals surface area contributed by atoms with Crippen LogP contribution in [0.3, 0.4) is 0 Å². The number of carbonyl (C=O) groups excluding carboxylic acids is 2. The molecular weight excluding hydrogens is 434 g/mol. The number of carboxylic acid groups (broad SMARTS) is 1. The number of anilines is 1. The smallest absolute Gasteiger partial charge is 0.311 e. The van der Waals surface area contributed by atoms with Gasteiger partial charge in [-0.3, -0.25) is 14.4 Å². The van der Waals surface area contributed by atoms with Crippen LogP contribution in [0.15, 0.2) is 42.5 Å². The van der Waals surface area contributed by atoms with Gasteiger partial charge in [0, 0.05) is 25.2 Å². The van der Waals surface area contributed by atoms with E-state index in [-0.39, 0.29) is 31.9 Å². The van der Waals surface area contributed by atoms with Gasteiger partial charge < -0.3 is 20.1 Å². The number of hydrogen-bond acceptors (Lipinski definition) is 5. The number of nitrogens with one attached hydrogen (secondary N) is 1. The third kappa shape index (κ3) is 5.85. The summed E-state index contributed by atoms with van der Waals surface area (Å²) in [6.45, 7) is 2.25. The van der Waals surface area contributed by atoms with Crippen LogP contribution in [-0.2, 0) is 25.7 Å². The summed E-state index contributed by atoms with van der Waals surface area (Å²) >= 11 is 0. The first-order chi connectivity index (χ1) is 15.8. The van der Waals surface area contributed by atoms with Crippen molar-refractivity contribution in [1.29, 1.82) is 0 Å². The largest absolute Gasteiger partial charge is 0.481 e. The highest BCUT2D eigenvalue weighted by Gasteiger charge is 2.39. The molecule has 0 aliphatic carbocycles. The summed E-state index contributed by atoms with van der Waals surface area (Å²) in [4.78, 5) is 38.6. The third-order valence-corrected chi connectivity index (χ3v) is 5.65. The van der Waals surface area contributed by atoms with E-state index in [1.165, 1.54) is 11.0 Å². The van der Waals surface area contributed by atoms with E-state index >= 15 is 0 Å². The Morgan fingerprint density at radius 2 is 1.88 bits per heavy atom. The van der Waals surface area contributed by atoms with Crippen molar-refractivity contribution in [1.82, 2.24) is 4.90 Å². The second kappa shape index (κ2) is 10.9. The first-order valence-corrected chi connectivity index (χ1v) is 10.8. The molecule has 2 atom stereocenters. The predicted molar refractivity (Wildman–Crippen MR) is 116 cm³/mol. The van der Waals surface area contributed by atoms with Crippen molar-refractivity contribution in [2.75, 3.05) is 18.4 Å². The maximum atomic E-state index is 13.5. The maximum Gasteiger partial charge on any atom is 0.311 e. The monoisotopic (exact) mass is 460 g/mol. The van der Waals surface area contributed by atoms with E-state index < -0.39 is 35.5 Å². The van der Waals surface area contributed by atoms with Gasteiger partial charge in [-0.1, -0.05) is 24.3 Å². The van der Waals surface area contributed by atoms with Gasteiger partial charge in [0.25, 0.3) is 0 Å². The second-order valence-corrected chi connectivity index (χ2v) is 7.78. The number of benzene rings is 2. The first kappa shape index (κ1) is 24.2. The molecule has 2 aromatic rings. The van der Waals surface area contributed by atoms with Crippen LogP contribution in [-0.4, -0.2) is 40.9 Å². The van der Waals surface area contributed by atoms with Crippen molar-refractivity contribution in [2.24, 2.45) is 5.92 Å². The van der Waals surface area contributed by atoms with Gasteiger partial charge in [0.15, 0.2) is 11.6 Å². The normalized spacial score (nSPS) is 17.3. The number of carbonyl (C=O) groups is 3. The average Bonchev–Trinajstić information content (AvgIpc) is 2.99. The van der Waals surface area contributed by atoms with Crippen LogP contribution >= 0.6 is 0 Å². The van der Waals surface area contributed by atoms with Crippen molar-refractivity contribution in [3.63, 3.8) is 0 Å². The molecule has 2 aromatic carbocycles. The van der Waals surface area contributed by atoms with Gasteiger partial charge in [-0.25, -0.2) is 8.78 Å². The zero-order chi connectivity index (χ0) is 24.0. The van der Waals surface area contributed by atoms with Gasteiger partial charge >= 0.3 is 11.9 Å². The van der Waals surface area contributed by atoms with E-state index in [1.807, 2.05) is 18.2 Å². The summed E-state index contributed by atoms with van der Waals surface area (Å²) in [6, 6.07) is 9.92. The molecule has 7 nitrogen and oxygen atoms in total. The molecule has 9 heteroatoms. The number of esters is 1. The summed E-state index contributed by atoms with van der Waals surface area (Å²) in [6.07, 6.45) is -0.141.